The van der Waals surface area contributed by atoms with Gasteiger partial charge in [-0.3, -0.25) is 5.32 Å². The third kappa shape index (κ3) is 2.45. The Kier molecular flexibility index (Phi) is 3.16. The minimum absolute atomic E-state index is 0.444. The number of alkyl halides is 2. The van der Waals surface area contributed by atoms with Crippen LogP contribution in [0.1, 0.15) is 6.42 Å². The summed E-state index contributed by atoms with van der Waals surface area (Å²) >= 11 is 0. The predicted octanol–water partition coefficient (Wildman–Crippen LogP) is 2.06. The van der Waals surface area contributed by atoms with E-state index in [4.69, 9.17) is 4.74 Å². The summed E-state index contributed by atoms with van der Waals surface area (Å²) in [6.45, 7) is 0.444. The van der Waals surface area contributed by atoms with Crippen molar-refractivity contribution in [3.8, 4) is 5.75 Å². The summed E-state index contributed by atoms with van der Waals surface area (Å²) in [6.07, 6.45) is -3.42. The van der Waals surface area contributed by atoms with E-state index in [2.05, 4.69) is 5.32 Å². The first-order valence-corrected chi connectivity index (χ1v) is 5.00. The number of halogens is 2. The van der Waals surface area contributed by atoms with Gasteiger partial charge >= 0.3 is 0 Å². The molecule has 0 radical (unpaired) electrons. The van der Waals surface area contributed by atoms with E-state index >= 15 is 0 Å². The first-order chi connectivity index (χ1) is 7.27. The van der Waals surface area contributed by atoms with Crippen molar-refractivity contribution >= 4 is 0 Å². The molecule has 4 heteroatoms. The molecule has 2 nitrogen and oxygen atoms in total. The van der Waals surface area contributed by atoms with Gasteiger partial charge in [-0.15, -0.1) is 0 Å². The molecule has 0 amide bonds. The minimum Gasteiger partial charge on any atom is -0.487 e. The van der Waals surface area contributed by atoms with Crippen molar-refractivity contribution < 1.29 is 13.5 Å². The Morgan fingerprint density at radius 2 is 1.93 bits per heavy atom. The lowest BCUT2D eigenvalue weighted by atomic mass is 10.1. The second kappa shape index (κ2) is 4.57. The summed E-state index contributed by atoms with van der Waals surface area (Å²) < 4.78 is 31.7. The van der Waals surface area contributed by atoms with Crippen LogP contribution in [0.4, 0.5) is 8.78 Å². The summed E-state index contributed by atoms with van der Waals surface area (Å²) in [4.78, 5) is 0. The van der Waals surface area contributed by atoms with Crippen molar-refractivity contribution in [1.29, 1.82) is 0 Å². The summed E-state index contributed by atoms with van der Waals surface area (Å²) in [6, 6.07) is 8.93. The van der Waals surface area contributed by atoms with E-state index in [1.807, 2.05) is 6.07 Å². The fourth-order valence-corrected chi connectivity index (χ4v) is 1.62. The van der Waals surface area contributed by atoms with Crippen molar-refractivity contribution in [1.82, 2.24) is 5.32 Å². The quantitative estimate of drug-likeness (QED) is 0.759. The van der Waals surface area contributed by atoms with Crippen LogP contribution in [0.2, 0.25) is 0 Å². The largest absolute Gasteiger partial charge is 0.487 e. The highest BCUT2D eigenvalue weighted by Gasteiger charge is 2.34. The molecule has 0 aromatic heterocycles. The number of hydrogen-bond donors (Lipinski definition) is 1. The second-order valence-corrected chi connectivity index (χ2v) is 3.56. The third-order valence-electron chi connectivity index (χ3n) is 2.43. The molecule has 1 fully saturated rings. The number of para-hydroxylation sites is 1. The average molecular weight is 213 g/mol. The van der Waals surface area contributed by atoms with Gasteiger partial charge in [-0.1, -0.05) is 18.2 Å². The number of hydrogen-bond acceptors (Lipinski definition) is 2. The van der Waals surface area contributed by atoms with Crippen LogP contribution in [0.3, 0.4) is 0 Å². The van der Waals surface area contributed by atoms with Gasteiger partial charge in [-0.25, -0.2) is 8.78 Å². The number of ether oxygens (including phenoxy) is 1. The van der Waals surface area contributed by atoms with Crippen molar-refractivity contribution in [2.45, 2.75) is 25.0 Å². The lowest BCUT2D eigenvalue weighted by Crippen LogP contribution is -2.50. The summed E-state index contributed by atoms with van der Waals surface area (Å²) in [5.74, 6) is 0.583. The molecule has 1 aliphatic rings. The van der Waals surface area contributed by atoms with Crippen LogP contribution < -0.4 is 10.1 Å². The molecule has 2 rings (SSSR count). The summed E-state index contributed by atoms with van der Waals surface area (Å²) in [7, 11) is 0. The fraction of sp³-hybridized carbons (Fsp3) is 0.455. The Labute approximate surface area is 87.2 Å². The Bertz CT molecular complexity index is 307. The topological polar surface area (TPSA) is 21.3 Å². The molecule has 1 heterocycles. The van der Waals surface area contributed by atoms with Gasteiger partial charge in [0.15, 0.2) is 12.5 Å². The first kappa shape index (κ1) is 10.4. The number of nitrogens with one attached hydrogen (secondary N) is 1. The number of rotatable bonds is 2. The van der Waals surface area contributed by atoms with E-state index < -0.39 is 18.6 Å². The van der Waals surface area contributed by atoms with Gasteiger partial charge in [0.2, 0.25) is 0 Å². The zero-order valence-corrected chi connectivity index (χ0v) is 8.20. The van der Waals surface area contributed by atoms with E-state index in [1.54, 1.807) is 24.3 Å². The van der Waals surface area contributed by atoms with Crippen LogP contribution in [-0.4, -0.2) is 25.1 Å². The van der Waals surface area contributed by atoms with Crippen LogP contribution in [0.25, 0.3) is 0 Å². The molecule has 1 saturated heterocycles. The standard InChI is InChI=1S/C11H13F2NO/c12-10-9(6-7-14-11(10)13)15-8-4-2-1-3-5-8/h1-5,9-11,14H,6-7H2. The molecule has 82 valence electrons. The molecule has 1 aromatic carbocycles. The van der Waals surface area contributed by atoms with Crippen molar-refractivity contribution in [3.63, 3.8) is 0 Å². The Morgan fingerprint density at radius 1 is 1.20 bits per heavy atom. The molecule has 1 aromatic rings. The maximum atomic E-state index is 13.4. The number of benzene rings is 1. The molecule has 1 N–H and O–H groups in total. The lowest BCUT2D eigenvalue weighted by Gasteiger charge is -2.29. The SMILES string of the molecule is FC1NCCC(Oc2ccccc2)C1F. The minimum atomic E-state index is -1.62. The van der Waals surface area contributed by atoms with Crippen LogP contribution in [-0.2, 0) is 0 Å². The molecule has 3 unspecified atom stereocenters. The fourth-order valence-electron chi connectivity index (χ4n) is 1.62. The third-order valence-corrected chi connectivity index (χ3v) is 2.43. The van der Waals surface area contributed by atoms with Crippen LogP contribution in [0.5, 0.6) is 5.75 Å². The molecular weight excluding hydrogens is 200 g/mol. The highest BCUT2D eigenvalue weighted by Crippen LogP contribution is 2.21. The average Bonchev–Trinajstić information content (AvgIpc) is 2.26. The molecular formula is C11H13F2NO. The smallest absolute Gasteiger partial charge is 0.186 e. The molecule has 0 aliphatic carbocycles. The highest BCUT2D eigenvalue weighted by molar-refractivity contribution is 5.21. The Balaban J connectivity index is 1.99. The first-order valence-electron chi connectivity index (χ1n) is 5.00. The molecule has 0 spiro atoms. The van der Waals surface area contributed by atoms with E-state index in [9.17, 15) is 8.78 Å². The van der Waals surface area contributed by atoms with Gasteiger partial charge in [-0.05, 0) is 18.6 Å². The zero-order chi connectivity index (χ0) is 10.7. The van der Waals surface area contributed by atoms with Gasteiger partial charge in [0, 0.05) is 6.54 Å². The van der Waals surface area contributed by atoms with Crippen LogP contribution in [0.15, 0.2) is 30.3 Å². The van der Waals surface area contributed by atoms with E-state index in [0.717, 1.165) is 0 Å². The zero-order valence-electron chi connectivity index (χ0n) is 8.20. The Morgan fingerprint density at radius 3 is 2.67 bits per heavy atom. The van der Waals surface area contributed by atoms with Gasteiger partial charge in [0.05, 0.1) is 0 Å². The molecule has 3 atom stereocenters. The van der Waals surface area contributed by atoms with Crippen LogP contribution in [0, 0.1) is 0 Å². The highest BCUT2D eigenvalue weighted by atomic mass is 19.2. The summed E-state index contributed by atoms with van der Waals surface area (Å²) in [5, 5.41) is 2.43. The van der Waals surface area contributed by atoms with Gasteiger partial charge < -0.3 is 4.74 Å². The van der Waals surface area contributed by atoms with Crippen molar-refractivity contribution in [2.24, 2.45) is 0 Å². The number of piperidine rings is 1. The molecule has 15 heavy (non-hydrogen) atoms. The Hall–Kier alpha value is -1.16. The maximum Gasteiger partial charge on any atom is 0.186 e. The van der Waals surface area contributed by atoms with Gasteiger partial charge in [0.1, 0.15) is 11.9 Å². The van der Waals surface area contributed by atoms with Gasteiger partial charge in [0.25, 0.3) is 0 Å². The second-order valence-electron chi connectivity index (χ2n) is 3.56. The van der Waals surface area contributed by atoms with Crippen molar-refractivity contribution in [3.05, 3.63) is 30.3 Å². The molecule has 0 saturated carbocycles. The molecule has 0 bridgehead atoms. The molecule has 1 aliphatic heterocycles. The summed E-state index contributed by atoms with van der Waals surface area (Å²) in [5.41, 5.74) is 0. The maximum absolute atomic E-state index is 13.4. The normalized spacial score (nSPS) is 31.2. The van der Waals surface area contributed by atoms with E-state index in [-0.39, 0.29) is 0 Å². The lowest BCUT2D eigenvalue weighted by molar-refractivity contribution is -0.0000261. The van der Waals surface area contributed by atoms with Gasteiger partial charge in [-0.2, -0.15) is 0 Å². The van der Waals surface area contributed by atoms with Crippen molar-refractivity contribution in [2.75, 3.05) is 6.54 Å². The van der Waals surface area contributed by atoms with E-state index in [1.165, 1.54) is 0 Å². The monoisotopic (exact) mass is 213 g/mol. The predicted molar refractivity (Wildman–Crippen MR) is 53.3 cm³/mol. The van der Waals surface area contributed by atoms with Crippen LogP contribution >= 0.6 is 0 Å². The van der Waals surface area contributed by atoms with E-state index in [0.29, 0.717) is 18.7 Å².